The summed E-state index contributed by atoms with van der Waals surface area (Å²) in [5, 5.41) is 9.08. The molecule has 4 rings (SSSR count). The maximum atomic E-state index is 13.1. The van der Waals surface area contributed by atoms with Crippen molar-refractivity contribution in [1.82, 2.24) is 9.78 Å². The van der Waals surface area contributed by atoms with Crippen LogP contribution in [-0.2, 0) is 11.3 Å². The van der Waals surface area contributed by atoms with Gasteiger partial charge in [0.15, 0.2) is 5.82 Å². The predicted molar refractivity (Wildman–Crippen MR) is 121 cm³/mol. The van der Waals surface area contributed by atoms with Gasteiger partial charge in [0.1, 0.15) is 6.54 Å². The Morgan fingerprint density at radius 2 is 1.57 bits per heavy atom. The smallest absolute Gasteiger partial charge is 0.275 e. The van der Waals surface area contributed by atoms with E-state index in [2.05, 4.69) is 15.3 Å². The van der Waals surface area contributed by atoms with Crippen molar-refractivity contribution in [2.45, 2.75) is 46.1 Å². The van der Waals surface area contributed by atoms with Gasteiger partial charge in [0.2, 0.25) is 5.91 Å². The first-order chi connectivity index (χ1) is 14.5. The number of aromatic nitrogens is 2. The van der Waals surface area contributed by atoms with Crippen LogP contribution in [0.3, 0.4) is 0 Å². The van der Waals surface area contributed by atoms with E-state index in [1.54, 1.807) is 0 Å². The minimum Gasteiger partial charge on any atom is -0.355 e. The second-order valence-corrected chi connectivity index (χ2v) is 8.05. The molecule has 3 aromatic rings. The zero-order valence-corrected chi connectivity index (χ0v) is 17.6. The van der Waals surface area contributed by atoms with Crippen LogP contribution in [0.5, 0.6) is 0 Å². The summed E-state index contributed by atoms with van der Waals surface area (Å²) in [6.07, 6.45) is 4.66. The first kappa shape index (κ1) is 20.1. The molecular formula is C24H28N4O2. The highest BCUT2D eigenvalue weighted by atomic mass is 16.2. The Balaban J connectivity index is 1.69. The fourth-order valence-corrected chi connectivity index (χ4v) is 4.17. The fourth-order valence-electron chi connectivity index (χ4n) is 4.17. The quantitative estimate of drug-likeness (QED) is 0.713. The number of fused-ring (bicyclic) bond motifs is 1. The molecule has 0 radical (unpaired) electrons. The zero-order chi connectivity index (χ0) is 21.1. The van der Waals surface area contributed by atoms with E-state index >= 15 is 0 Å². The average Bonchev–Trinajstić information content (AvgIpc) is 3.02. The van der Waals surface area contributed by atoms with E-state index in [4.69, 9.17) is 0 Å². The minimum absolute atomic E-state index is 0.113. The Morgan fingerprint density at radius 1 is 0.933 bits per heavy atom. The summed E-state index contributed by atoms with van der Waals surface area (Å²) in [4.78, 5) is 28.1. The number of hydrogen-bond donors (Lipinski definition) is 1. The number of hydrogen-bond acceptors (Lipinski definition) is 4. The van der Waals surface area contributed by atoms with Crippen LogP contribution in [0.1, 0.15) is 36.8 Å². The standard InChI is InChI=1S/C24H28N4O2/c1-17-10-9-11-18(2)22(17)25-21(29)16-28-24(30)20-13-6-5-12-19(20)23(26-28)27-14-7-3-4-8-15-27/h5-6,9-13H,3-4,7-8,14-16H2,1-2H3,(H,25,29). The number of aryl methyl sites for hydroxylation is 2. The first-order valence-corrected chi connectivity index (χ1v) is 10.7. The summed E-state index contributed by atoms with van der Waals surface area (Å²) in [7, 11) is 0. The number of carbonyl (C=O) groups is 1. The Morgan fingerprint density at radius 3 is 2.23 bits per heavy atom. The summed E-state index contributed by atoms with van der Waals surface area (Å²) in [5.74, 6) is 0.547. The molecular weight excluding hydrogens is 376 g/mol. The van der Waals surface area contributed by atoms with Crippen LogP contribution in [-0.4, -0.2) is 28.8 Å². The number of nitrogens with zero attached hydrogens (tertiary/aromatic N) is 3. The molecule has 0 aliphatic carbocycles. The molecule has 0 spiro atoms. The molecule has 1 saturated heterocycles. The minimum atomic E-state index is -0.251. The van der Waals surface area contributed by atoms with Crippen molar-refractivity contribution in [2.75, 3.05) is 23.3 Å². The van der Waals surface area contributed by atoms with E-state index in [-0.39, 0.29) is 18.0 Å². The van der Waals surface area contributed by atoms with Crippen LogP contribution in [0.25, 0.3) is 10.8 Å². The highest BCUT2D eigenvalue weighted by Gasteiger charge is 2.19. The van der Waals surface area contributed by atoms with E-state index in [9.17, 15) is 9.59 Å². The molecule has 1 aliphatic rings. The number of carbonyl (C=O) groups excluding carboxylic acids is 1. The highest BCUT2D eigenvalue weighted by molar-refractivity contribution is 5.93. The monoisotopic (exact) mass is 404 g/mol. The van der Waals surface area contributed by atoms with Gasteiger partial charge >= 0.3 is 0 Å². The van der Waals surface area contributed by atoms with Crippen molar-refractivity contribution >= 4 is 28.2 Å². The highest BCUT2D eigenvalue weighted by Crippen LogP contribution is 2.25. The summed E-state index contributed by atoms with van der Waals surface area (Å²) < 4.78 is 1.31. The van der Waals surface area contributed by atoms with Gasteiger partial charge in [-0.2, -0.15) is 5.10 Å². The van der Waals surface area contributed by atoms with E-state index in [1.807, 2.05) is 56.3 Å². The Labute approximate surface area is 176 Å². The largest absolute Gasteiger partial charge is 0.355 e. The zero-order valence-electron chi connectivity index (χ0n) is 17.6. The molecule has 2 heterocycles. The van der Waals surface area contributed by atoms with Crippen LogP contribution in [0.4, 0.5) is 11.5 Å². The number of anilines is 2. The third-order valence-corrected chi connectivity index (χ3v) is 5.79. The van der Waals surface area contributed by atoms with E-state index in [0.717, 1.165) is 53.9 Å². The molecule has 1 N–H and O–H groups in total. The molecule has 0 saturated carbocycles. The number of amides is 1. The summed E-state index contributed by atoms with van der Waals surface area (Å²) >= 11 is 0. The van der Waals surface area contributed by atoms with Gasteiger partial charge in [-0.15, -0.1) is 0 Å². The van der Waals surface area contributed by atoms with E-state index in [0.29, 0.717) is 5.39 Å². The Kier molecular flexibility index (Phi) is 5.84. The molecule has 0 unspecified atom stereocenters. The first-order valence-electron chi connectivity index (χ1n) is 10.7. The fraction of sp³-hybridized carbons (Fsp3) is 0.375. The molecule has 6 heteroatoms. The van der Waals surface area contributed by atoms with Gasteiger partial charge < -0.3 is 10.2 Å². The third kappa shape index (κ3) is 4.08. The lowest BCUT2D eigenvalue weighted by molar-refractivity contribution is -0.117. The van der Waals surface area contributed by atoms with Crippen LogP contribution in [0.2, 0.25) is 0 Å². The molecule has 0 atom stereocenters. The van der Waals surface area contributed by atoms with Gasteiger partial charge in [-0.25, -0.2) is 4.68 Å². The summed E-state index contributed by atoms with van der Waals surface area (Å²) in [5.41, 5.74) is 2.55. The van der Waals surface area contributed by atoms with Gasteiger partial charge in [0.05, 0.1) is 5.39 Å². The van der Waals surface area contributed by atoms with Crippen molar-refractivity contribution in [3.05, 3.63) is 63.9 Å². The molecule has 156 valence electrons. The summed E-state index contributed by atoms with van der Waals surface area (Å²) in [6.45, 7) is 5.65. The van der Waals surface area contributed by atoms with Crippen LogP contribution in [0, 0.1) is 13.8 Å². The van der Waals surface area contributed by atoms with Crippen LogP contribution < -0.4 is 15.8 Å². The topological polar surface area (TPSA) is 67.2 Å². The molecule has 30 heavy (non-hydrogen) atoms. The molecule has 2 aromatic carbocycles. The van der Waals surface area contributed by atoms with Crippen molar-refractivity contribution in [3.63, 3.8) is 0 Å². The van der Waals surface area contributed by atoms with E-state index < -0.39 is 0 Å². The Hall–Kier alpha value is -3.15. The number of benzene rings is 2. The maximum Gasteiger partial charge on any atom is 0.275 e. The molecule has 6 nitrogen and oxygen atoms in total. The van der Waals surface area contributed by atoms with Crippen molar-refractivity contribution < 1.29 is 4.79 Å². The van der Waals surface area contributed by atoms with Gasteiger partial charge in [-0.05, 0) is 43.9 Å². The van der Waals surface area contributed by atoms with Crippen LogP contribution in [0.15, 0.2) is 47.3 Å². The maximum absolute atomic E-state index is 13.1. The third-order valence-electron chi connectivity index (χ3n) is 5.79. The van der Waals surface area contributed by atoms with Crippen molar-refractivity contribution in [2.24, 2.45) is 0 Å². The number of para-hydroxylation sites is 1. The lowest BCUT2D eigenvalue weighted by Crippen LogP contribution is -2.33. The van der Waals surface area contributed by atoms with Crippen molar-refractivity contribution in [3.8, 4) is 0 Å². The van der Waals surface area contributed by atoms with Gasteiger partial charge in [0.25, 0.3) is 5.56 Å². The lowest BCUT2D eigenvalue weighted by Gasteiger charge is -2.23. The van der Waals surface area contributed by atoms with E-state index in [1.165, 1.54) is 17.5 Å². The van der Waals surface area contributed by atoms with Gasteiger partial charge in [-0.3, -0.25) is 9.59 Å². The average molecular weight is 405 g/mol. The van der Waals surface area contributed by atoms with Crippen molar-refractivity contribution in [1.29, 1.82) is 0 Å². The summed E-state index contributed by atoms with van der Waals surface area (Å²) in [6, 6.07) is 13.4. The Bertz CT molecular complexity index is 1110. The van der Waals surface area contributed by atoms with Gasteiger partial charge in [-0.1, -0.05) is 49.2 Å². The van der Waals surface area contributed by atoms with Gasteiger partial charge in [0, 0.05) is 24.2 Å². The second-order valence-electron chi connectivity index (χ2n) is 8.05. The second kappa shape index (κ2) is 8.69. The molecule has 0 bridgehead atoms. The molecule has 1 aliphatic heterocycles. The van der Waals surface area contributed by atoms with Crippen LogP contribution >= 0.6 is 0 Å². The molecule has 1 aromatic heterocycles. The number of rotatable bonds is 4. The molecule has 1 amide bonds. The normalized spacial score (nSPS) is 14.5. The molecule has 1 fully saturated rings. The predicted octanol–water partition coefficient (Wildman–Crippen LogP) is 4.03. The lowest BCUT2D eigenvalue weighted by atomic mass is 10.1. The number of nitrogens with one attached hydrogen (secondary N) is 1. The SMILES string of the molecule is Cc1cccc(C)c1NC(=O)Cn1nc(N2CCCCCC2)c2ccccc2c1=O.